The molecule has 0 aliphatic heterocycles. The van der Waals surface area contributed by atoms with E-state index in [0.717, 1.165) is 11.3 Å². The van der Waals surface area contributed by atoms with Crippen molar-refractivity contribution in [1.29, 1.82) is 0 Å². The van der Waals surface area contributed by atoms with Gasteiger partial charge in [0.05, 0.1) is 17.4 Å². The summed E-state index contributed by atoms with van der Waals surface area (Å²) < 4.78 is 5.61. The van der Waals surface area contributed by atoms with E-state index < -0.39 is 0 Å². The van der Waals surface area contributed by atoms with Gasteiger partial charge < -0.3 is 0 Å². The highest BCUT2D eigenvalue weighted by molar-refractivity contribution is 7.00. The Balaban J connectivity index is 2.60. The molecule has 1 heterocycles. The summed E-state index contributed by atoms with van der Waals surface area (Å²) in [7, 11) is 0. The van der Waals surface area contributed by atoms with Crippen molar-refractivity contribution in [3.05, 3.63) is 45.9 Å². The fourth-order valence-electron chi connectivity index (χ4n) is 1.24. The van der Waals surface area contributed by atoms with Crippen LogP contribution in [-0.4, -0.2) is 8.33 Å². The molecule has 0 saturated heterocycles. The van der Waals surface area contributed by atoms with Crippen molar-refractivity contribution < 1.29 is 0 Å². The van der Waals surface area contributed by atoms with Crippen LogP contribution in [-0.2, 0) is 0 Å². The van der Waals surface area contributed by atoms with E-state index in [4.69, 9.17) is 0 Å². The lowest BCUT2D eigenvalue weighted by Crippen LogP contribution is -2.12. The van der Waals surface area contributed by atoms with Crippen LogP contribution in [0.2, 0.25) is 0 Å². The lowest BCUT2D eigenvalue weighted by Gasteiger charge is -1.99. The minimum Gasteiger partial charge on any atom is -0.266 e. The lowest BCUT2D eigenvalue weighted by atomic mass is 10.2. The van der Waals surface area contributed by atoms with Gasteiger partial charge in [0.25, 0.3) is 5.56 Å². The SMILES string of the molecule is Cc1cccc(-n2snc(C)c2=O)c1. The second kappa shape index (κ2) is 3.38. The van der Waals surface area contributed by atoms with Crippen molar-refractivity contribution in [3.8, 4) is 5.69 Å². The fraction of sp³-hybridized carbons (Fsp3) is 0.200. The molecule has 1 aromatic heterocycles. The van der Waals surface area contributed by atoms with Crippen molar-refractivity contribution in [1.82, 2.24) is 8.33 Å². The summed E-state index contributed by atoms with van der Waals surface area (Å²) in [6.07, 6.45) is 0. The maximum absolute atomic E-state index is 11.6. The monoisotopic (exact) mass is 206 g/mol. The van der Waals surface area contributed by atoms with E-state index in [1.807, 2.05) is 31.2 Å². The van der Waals surface area contributed by atoms with E-state index in [-0.39, 0.29) is 5.56 Å². The van der Waals surface area contributed by atoms with Crippen LogP contribution in [0.5, 0.6) is 0 Å². The molecule has 2 rings (SSSR count). The summed E-state index contributed by atoms with van der Waals surface area (Å²) in [5, 5.41) is 0. The number of aromatic nitrogens is 2. The van der Waals surface area contributed by atoms with Gasteiger partial charge in [0.2, 0.25) is 0 Å². The molecule has 0 fully saturated rings. The molecule has 0 amide bonds. The lowest BCUT2D eigenvalue weighted by molar-refractivity contribution is 1.09. The number of aryl methyl sites for hydroxylation is 2. The Labute approximate surface area is 86.0 Å². The van der Waals surface area contributed by atoms with E-state index in [1.165, 1.54) is 11.7 Å². The normalized spacial score (nSPS) is 10.4. The number of rotatable bonds is 1. The molecule has 0 N–H and O–H groups in total. The van der Waals surface area contributed by atoms with Gasteiger partial charge in [0, 0.05) is 0 Å². The Kier molecular flexibility index (Phi) is 2.21. The molecule has 0 unspecified atom stereocenters. The standard InChI is InChI=1S/C10H10N2OS/c1-7-4-3-5-9(6-7)12-10(13)8(2)11-14-12/h3-6H,1-2H3. The molecule has 0 bridgehead atoms. The zero-order chi connectivity index (χ0) is 10.1. The molecule has 3 nitrogen and oxygen atoms in total. The highest BCUT2D eigenvalue weighted by Gasteiger charge is 2.05. The molecule has 2 aromatic rings. The topological polar surface area (TPSA) is 34.9 Å². The van der Waals surface area contributed by atoms with E-state index in [0.29, 0.717) is 5.69 Å². The van der Waals surface area contributed by atoms with E-state index >= 15 is 0 Å². The quantitative estimate of drug-likeness (QED) is 0.714. The summed E-state index contributed by atoms with van der Waals surface area (Å²) >= 11 is 1.19. The van der Waals surface area contributed by atoms with Gasteiger partial charge in [-0.05, 0) is 31.5 Å². The van der Waals surface area contributed by atoms with Gasteiger partial charge in [-0.15, -0.1) is 0 Å². The van der Waals surface area contributed by atoms with Gasteiger partial charge in [-0.1, -0.05) is 12.1 Å². The maximum Gasteiger partial charge on any atom is 0.288 e. The minimum absolute atomic E-state index is 0.0272. The summed E-state index contributed by atoms with van der Waals surface area (Å²) in [6.45, 7) is 3.73. The Morgan fingerprint density at radius 2 is 2.14 bits per heavy atom. The Bertz CT molecular complexity index is 513. The molecular weight excluding hydrogens is 196 g/mol. The van der Waals surface area contributed by atoms with Gasteiger partial charge in [-0.2, -0.15) is 4.37 Å². The molecule has 14 heavy (non-hydrogen) atoms. The molecule has 1 aromatic carbocycles. The largest absolute Gasteiger partial charge is 0.288 e. The molecule has 0 aliphatic rings. The smallest absolute Gasteiger partial charge is 0.266 e. The first-order chi connectivity index (χ1) is 6.68. The number of nitrogens with zero attached hydrogens (tertiary/aromatic N) is 2. The minimum atomic E-state index is -0.0272. The summed E-state index contributed by atoms with van der Waals surface area (Å²) in [6, 6.07) is 7.82. The molecule has 0 atom stereocenters. The third kappa shape index (κ3) is 1.48. The zero-order valence-corrected chi connectivity index (χ0v) is 8.84. The third-order valence-electron chi connectivity index (χ3n) is 1.99. The van der Waals surface area contributed by atoms with Crippen molar-refractivity contribution >= 4 is 11.7 Å². The highest BCUT2D eigenvalue weighted by Crippen LogP contribution is 2.09. The van der Waals surface area contributed by atoms with Crippen LogP contribution in [0.3, 0.4) is 0 Å². The molecule has 72 valence electrons. The molecule has 0 saturated carbocycles. The van der Waals surface area contributed by atoms with Crippen LogP contribution in [0.15, 0.2) is 29.1 Å². The van der Waals surface area contributed by atoms with Crippen molar-refractivity contribution in [2.75, 3.05) is 0 Å². The number of hydrogen-bond donors (Lipinski definition) is 0. The maximum atomic E-state index is 11.6. The third-order valence-corrected chi connectivity index (χ3v) is 2.88. The Hall–Kier alpha value is -1.42. The average Bonchev–Trinajstić information content (AvgIpc) is 2.48. The van der Waals surface area contributed by atoms with Crippen LogP contribution in [0, 0.1) is 13.8 Å². The second-order valence-electron chi connectivity index (χ2n) is 3.20. The number of benzene rings is 1. The van der Waals surface area contributed by atoms with Gasteiger partial charge in [0.15, 0.2) is 0 Å². The van der Waals surface area contributed by atoms with E-state index in [1.54, 1.807) is 10.9 Å². The average molecular weight is 206 g/mol. The highest BCUT2D eigenvalue weighted by atomic mass is 32.1. The van der Waals surface area contributed by atoms with Crippen molar-refractivity contribution in [2.24, 2.45) is 0 Å². The molecule has 0 aliphatic carbocycles. The Morgan fingerprint density at radius 3 is 2.71 bits per heavy atom. The van der Waals surface area contributed by atoms with Crippen LogP contribution in [0.4, 0.5) is 0 Å². The predicted octanol–water partition coefficient (Wildman–Crippen LogP) is 1.91. The molecule has 4 heteroatoms. The second-order valence-corrected chi connectivity index (χ2v) is 3.91. The Morgan fingerprint density at radius 1 is 1.36 bits per heavy atom. The molecular formula is C10H10N2OS. The van der Waals surface area contributed by atoms with Crippen molar-refractivity contribution in [3.63, 3.8) is 0 Å². The van der Waals surface area contributed by atoms with Gasteiger partial charge in [0.1, 0.15) is 5.69 Å². The molecule has 0 spiro atoms. The summed E-state index contributed by atoms with van der Waals surface area (Å²) in [5.41, 5.74) is 2.55. The van der Waals surface area contributed by atoms with Crippen LogP contribution >= 0.6 is 11.7 Å². The summed E-state index contributed by atoms with van der Waals surface area (Å²) in [5.74, 6) is 0. The first kappa shape index (κ1) is 9.15. The van der Waals surface area contributed by atoms with Crippen LogP contribution < -0.4 is 5.56 Å². The van der Waals surface area contributed by atoms with E-state index in [9.17, 15) is 4.79 Å². The molecule has 0 radical (unpaired) electrons. The zero-order valence-electron chi connectivity index (χ0n) is 8.02. The first-order valence-electron chi connectivity index (χ1n) is 4.31. The predicted molar refractivity (Wildman–Crippen MR) is 57.2 cm³/mol. The van der Waals surface area contributed by atoms with Gasteiger partial charge in [-0.3, -0.25) is 4.79 Å². The van der Waals surface area contributed by atoms with Crippen molar-refractivity contribution in [2.45, 2.75) is 13.8 Å². The fourth-order valence-corrected chi connectivity index (χ4v) is 1.94. The number of hydrogen-bond acceptors (Lipinski definition) is 3. The van der Waals surface area contributed by atoms with Crippen LogP contribution in [0.1, 0.15) is 11.3 Å². The van der Waals surface area contributed by atoms with E-state index in [2.05, 4.69) is 4.37 Å². The van der Waals surface area contributed by atoms with Gasteiger partial charge in [-0.25, -0.2) is 3.96 Å². The van der Waals surface area contributed by atoms with Crippen LogP contribution in [0.25, 0.3) is 5.69 Å². The first-order valence-corrected chi connectivity index (χ1v) is 5.04. The van der Waals surface area contributed by atoms with Gasteiger partial charge >= 0.3 is 0 Å². The summed E-state index contributed by atoms with van der Waals surface area (Å²) in [4.78, 5) is 11.6.